The number of esters is 4. The van der Waals surface area contributed by atoms with Crippen LogP contribution in [-0.4, -0.2) is 96.7 Å². The maximum absolute atomic E-state index is 12.9. The number of ether oxygens (including phenoxy) is 4. The Morgan fingerprint density at radius 3 is 0.950 bits per heavy atom. The molecule has 474 valence electrons. The van der Waals surface area contributed by atoms with Crippen molar-refractivity contribution >= 4 is 39.5 Å². The van der Waals surface area contributed by atoms with E-state index in [1.165, 1.54) is 96.3 Å². The lowest BCUT2D eigenvalue weighted by Crippen LogP contribution is -2.30. The number of rotatable bonds is 59. The van der Waals surface area contributed by atoms with E-state index >= 15 is 0 Å². The smallest absolute Gasteiger partial charge is 0.462 e. The number of phosphoric acid groups is 2. The van der Waals surface area contributed by atoms with Crippen molar-refractivity contribution in [2.45, 2.75) is 311 Å². The molecule has 3 unspecified atom stereocenters. The van der Waals surface area contributed by atoms with Crippen LogP contribution in [0.3, 0.4) is 0 Å². The highest BCUT2D eigenvalue weighted by atomic mass is 31.2. The second kappa shape index (κ2) is 52.6. The highest BCUT2D eigenvalue weighted by Crippen LogP contribution is 2.45. The lowest BCUT2D eigenvalue weighted by Gasteiger charge is -2.21. The van der Waals surface area contributed by atoms with Crippen molar-refractivity contribution in [1.82, 2.24) is 0 Å². The molecular formula is C61H118O17P2. The van der Waals surface area contributed by atoms with Gasteiger partial charge in [0, 0.05) is 25.7 Å². The van der Waals surface area contributed by atoms with Crippen LogP contribution < -0.4 is 0 Å². The van der Waals surface area contributed by atoms with E-state index in [0.29, 0.717) is 37.5 Å². The van der Waals surface area contributed by atoms with Crippen molar-refractivity contribution in [2.75, 3.05) is 39.6 Å². The topological polar surface area (TPSA) is 237 Å². The van der Waals surface area contributed by atoms with Gasteiger partial charge in [-0.3, -0.25) is 37.3 Å². The molecule has 0 saturated carbocycles. The van der Waals surface area contributed by atoms with Crippen LogP contribution in [0.4, 0.5) is 0 Å². The Kier molecular flexibility index (Phi) is 51.3. The first-order chi connectivity index (χ1) is 38.3. The molecule has 6 atom stereocenters. The molecule has 19 heteroatoms. The van der Waals surface area contributed by atoms with Gasteiger partial charge in [-0.25, -0.2) is 9.13 Å². The number of aliphatic hydroxyl groups is 1. The SMILES string of the molecule is CCCCCCCCCCCCC(=O)OC[C@H](COP(=O)(O)OC[C@@H](O)COP(=O)(O)OC[C@@H](COC(=O)CCCCCCCCC(C)C)OC(=O)CCCCCCCCC(C)C)OC(=O)CCCCCCCCCCC(C)CC. The number of carbonyl (C=O) groups is 4. The second-order valence-electron chi connectivity index (χ2n) is 23.3. The summed E-state index contributed by atoms with van der Waals surface area (Å²) in [6.45, 7) is 11.6. The fourth-order valence-electron chi connectivity index (χ4n) is 8.92. The molecule has 0 aromatic carbocycles. The van der Waals surface area contributed by atoms with Crippen LogP contribution in [0.2, 0.25) is 0 Å². The first-order valence-corrected chi connectivity index (χ1v) is 34.9. The normalized spacial score (nSPS) is 14.8. The number of phosphoric ester groups is 2. The van der Waals surface area contributed by atoms with Crippen molar-refractivity contribution < 1.29 is 80.2 Å². The van der Waals surface area contributed by atoms with Crippen LogP contribution in [-0.2, 0) is 65.4 Å². The summed E-state index contributed by atoms with van der Waals surface area (Å²) in [6, 6.07) is 0. The van der Waals surface area contributed by atoms with Crippen LogP contribution in [0.25, 0.3) is 0 Å². The van der Waals surface area contributed by atoms with Crippen LogP contribution in [0.15, 0.2) is 0 Å². The molecule has 0 spiro atoms. The Hall–Kier alpha value is -1.94. The van der Waals surface area contributed by atoms with E-state index in [1.807, 2.05) is 0 Å². The fourth-order valence-corrected chi connectivity index (χ4v) is 10.5. The molecule has 0 fully saturated rings. The van der Waals surface area contributed by atoms with Crippen LogP contribution in [0, 0.1) is 17.8 Å². The number of hydrogen-bond donors (Lipinski definition) is 3. The Bertz CT molecular complexity index is 1600. The summed E-state index contributed by atoms with van der Waals surface area (Å²) < 4.78 is 67.8. The average molecular weight is 1190 g/mol. The predicted octanol–water partition coefficient (Wildman–Crippen LogP) is 16.3. The van der Waals surface area contributed by atoms with E-state index in [4.69, 9.17) is 37.0 Å². The highest BCUT2D eigenvalue weighted by Gasteiger charge is 2.30. The van der Waals surface area contributed by atoms with Crippen molar-refractivity contribution in [3.05, 3.63) is 0 Å². The molecule has 0 aliphatic rings. The molecule has 0 aromatic rings. The third-order valence-electron chi connectivity index (χ3n) is 14.2. The molecule has 0 heterocycles. The van der Waals surface area contributed by atoms with Crippen LogP contribution in [0.5, 0.6) is 0 Å². The van der Waals surface area contributed by atoms with Gasteiger partial charge in [0.15, 0.2) is 12.2 Å². The Balaban J connectivity index is 5.24. The molecule has 3 N–H and O–H groups in total. The summed E-state index contributed by atoms with van der Waals surface area (Å²) in [4.78, 5) is 72.0. The third-order valence-corrected chi connectivity index (χ3v) is 16.1. The van der Waals surface area contributed by atoms with Gasteiger partial charge in [-0.1, -0.05) is 241 Å². The number of aliphatic hydroxyl groups excluding tert-OH is 1. The molecule has 0 rings (SSSR count). The lowest BCUT2D eigenvalue weighted by atomic mass is 9.99. The Morgan fingerprint density at radius 2 is 0.637 bits per heavy atom. The van der Waals surface area contributed by atoms with Crippen LogP contribution >= 0.6 is 15.6 Å². The van der Waals surface area contributed by atoms with Crippen molar-refractivity contribution in [2.24, 2.45) is 17.8 Å². The largest absolute Gasteiger partial charge is 0.472 e. The first kappa shape index (κ1) is 78.1. The summed E-state index contributed by atoms with van der Waals surface area (Å²) in [5.41, 5.74) is 0. The van der Waals surface area contributed by atoms with Crippen LogP contribution in [0.1, 0.15) is 292 Å². The second-order valence-corrected chi connectivity index (χ2v) is 26.2. The first-order valence-electron chi connectivity index (χ1n) is 31.9. The highest BCUT2D eigenvalue weighted by molar-refractivity contribution is 7.47. The van der Waals surface area contributed by atoms with E-state index in [9.17, 15) is 43.2 Å². The monoisotopic (exact) mass is 1180 g/mol. The zero-order valence-electron chi connectivity index (χ0n) is 51.5. The molecule has 0 bridgehead atoms. The Morgan fingerprint density at radius 1 is 0.362 bits per heavy atom. The van der Waals surface area contributed by atoms with Gasteiger partial charge in [0.1, 0.15) is 19.3 Å². The quantitative estimate of drug-likeness (QED) is 0.0222. The van der Waals surface area contributed by atoms with E-state index < -0.39 is 97.5 Å². The third kappa shape index (κ3) is 54.0. The summed E-state index contributed by atoms with van der Waals surface area (Å²) in [5.74, 6) is -0.0284. The van der Waals surface area contributed by atoms with E-state index in [1.54, 1.807) is 0 Å². The van der Waals surface area contributed by atoms with Crippen molar-refractivity contribution in [1.29, 1.82) is 0 Å². The minimum absolute atomic E-state index is 0.101. The maximum atomic E-state index is 12.9. The molecular weight excluding hydrogens is 1070 g/mol. The van der Waals surface area contributed by atoms with Gasteiger partial charge in [0.05, 0.1) is 26.4 Å². The minimum Gasteiger partial charge on any atom is -0.462 e. The molecule has 0 radical (unpaired) electrons. The summed E-state index contributed by atoms with van der Waals surface area (Å²) >= 11 is 0. The van der Waals surface area contributed by atoms with Gasteiger partial charge >= 0.3 is 39.5 Å². The minimum atomic E-state index is -4.94. The van der Waals surface area contributed by atoms with E-state index in [-0.39, 0.29) is 25.7 Å². The molecule has 0 aliphatic carbocycles. The van der Waals surface area contributed by atoms with E-state index in [2.05, 4.69) is 48.5 Å². The summed E-state index contributed by atoms with van der Waals surface area (Å²) in [7, 11) is -9.88. The molecule has 0 amide bonds. The molecule has 80 heavy (non-hydrogen) atoms. The zero-order chi connectivity index (χ0) is 59.5. The lowest BCUT2D eigenvalue weighted by molar-refractivity contribution is -0.161. The number of unbranched alkanes of at least 4 members (excludes halogenated alkanes) is 26. The fraction of sp³-hybridized carbons (Fsp3) is 0.934. The average Bonchev–Trinajstić information content (AvgIpc) is 3.41. The zero-order valence-corrected chi connectivity index (χ0v) is 53.3. The molecule has 0 aliphatic heterocycles. The molecule has 0 saturated heterocycles. The molecule has 17 nitrogen and oxygen atoms in total. The van der Waals surface area contributed by atoms with Gasteiger partial charge in [0.25, 0.3) is 0 Å². The van der Waals surface area contributed by atoms with Gasteiger partial charge in [0.2, 0.25) is 0 Å². The Labute approximate surface area is 486 Å². The summed E-state index contributed by atoms with van der Waals surface area (Å²) in [6.07, 6.45) is 32.3. The van der Waals surface area contributed by atoms with Gasteiger partial charge in [-0.15, -0.1) is 0 Å². The number of carbonyl (C=O) groups excluding carboxylic acids is 4. The van der Waals surface area contributed by atoms with Crippen molar-refractivity contribution in [3.63, 3.8) is 0 Å². The van der Waals surface area contributed by atoms with Crippen molar-refractivity contribution in [3.8, 4) is 0 Å². The van der Waals surface area contributed by atoms with Gasteiger partial charge in [-0.2, -0.15) is 0 Å². The number of hydrogen-bond acceptors (Lipinski definition) is 15. The maximum Gasteiger partial charge on any atom is 0.472 e. The summed E-state index contributed by atoms with van der Waals surface area (Å²) in [5, 5.41) is 10.5. The molecule has 0 aromatic heterocycles. The standard InChI is InChI=1S/C61H118O17P2/c1-8-10-11-12-13-14-15-19-28-35-42-58(63)71-48-56(77-60(65)44-37-30-20-17-16-18-27-34-41-54(7)9-2)50-75-79(67,68)73-46-55(62)47-74-80(69,70)76-51-57(78-61(66)45-38-31-24-22-26-33-40-53(5)6)49-72-59(64)43-36-29-23-21-25-32-39-52(3)4/h52-57,62H,8-51H2,1-7H3,(H,67,68)(H,69,70)/t54?,55-,56-,57-/m1/s1. The van der Waals surface area contributed by atoms with Gasteiger partial charge in [-0.05, 0) is 43.4 Å². The van der Waals surface area contributed by atoms with E-state index in [0.717, 1.165) is 102 Å². The predicted molar refractivity (Wildman–Crippen MR) is 317 cm³/mol. The van der Waals surface area contributed by atoms with Gasteiger partial charge < -0.3 is 33.8 Å².